The highest BCUT2D eigenvalue weighted by atomic mass is 32.2. The van der Waals surface area contributed by atoms with Crippen LogP contribution in [0.15, 0.2) is 54.6 Å². The summed E-state index contributed by atoms with van der Waals surface area (Å²) in [4.78, 5) is 25.6. The lowest BCUT2D eigenvalue weighted by molar-refractivity contribution is -0.132. The van der Waals surface area contributed by atoms with Gasteiger partial charge in [-0.25, -0.2) is 4.39 Å². The Morgan fingerprint density at radius 3 is 2.42 bits per heavy atom. The fraction of sp³-hybridized carbons (Fsp3) is 0.222. The number of rotatable bonds is 5. The molecule has 1 atom stereocenters. The van der Waals surface area contributed by atoms with E-state index in [1.54, 1.807) is 12.1 Å². The Morgan fingerprint density at radius 2 is 1.79 bits per heavy atom. The van der Waals surface area contributed by atoms with Gasteiger partial charge in [-0.2, -0.15) is 0 Å². The number of nitrogens with one attached hydrogen (secondary N) is 1. The molecule has 2 aromatic rings. The third-order valence-electron chi connectivity index (χ3n) is 3.80. The van der Waals surface area contributed by atoms with Crippen molar-refractivity contribution in [1.82, 2.24) is 10.2 Å². The maximum atomic E-state index is 13.2. The van der Waals surface area contributed by atoms with Crippen molar-refractivity contribution in [2.75, 3.05) is 18.2 Å². The van der Waals surface area contributed by atoms with Crippen molar-refractivity contribution < 1.29 is 14.0 Å². The number of carbonyl (C=O) groups is 2. The Morgan fingerprint density at radius 1 is 1.12 bits per heavy atom. The van der Waals surface area contributed by atoms with Gasteiger partial charge in [0.1, 0.15) is 12.4 Å². The number of benzene rings is 2. The summed E-state index contributed by atoms with van der Waals surface area (Å²) in [7, 11) is 0. The first-order chi connectivity index (χ1) is 11.6. The summed E-state index contributed by atoms with van der Waals surface area (Å²) in [5.41, 5.74) is 1.69. The van der Waals surface area contributed by atoms with Crippen molar-refractivity contribution in [1.29, 1.82) is 0 Å². The van der Waals surface area contributed by atoms with Crippen LogP contribution in [0.25, 0.3) is 0 Å². The summed E-state index contributed by atoms with van der Waals surface area (Å²) in [5, 5.41) is 2.95. The van der Waals surface area contributed by atoms with E-state index in [1.807, 2.05) is 30.3 Å². The van der Waals surface area contributed by atoms with Gasteiger partial charge in [-0.3, -0.25) is 9.59 Å². The summed E-state index contributed by atoms with van der Waals surface area (Å²) in [6.07, 6.45) is 0. The Kier molecular flexibility index (Phi) is 5.15. The highest BCUT2D eigenvalue weighted by Crippen LogP contribution is 2.22. The highest BCUT2D eigenvalue weighted by molar-refractivity contribution is 8.00. The molecule has 0 saturated carbocycles. The summed E-state index contributed by atoms with van der Waals surface area (Å²) in [6, 6.07) is 15.2. The Balaban J connectivity index is 1.78. The van der Waals surface area contributed by atoms with E-state index in [0.717, 1.165) is 11.1 Å². The van der Waals surface area contributed by atoms with Crippen LogP contribution in [0.4, 0.5) is 4.39 Å². The van der Waals surface area contributed by atoms with Crippen molar-refractivity contribution in [3.05, 3.63) is 71.5 Å². The second-order valence-electron chi connectivity index (χ2n) is 5.53. The zero-order valence-corrected chi connectivity index (χ0v) is 13.8. The van der Waals surface area contributed by atoms with E-state index in [0.29, 0.717) is 11.6 Å². The quantitative estimate of drug-likeness (QED) is 0.907. The lowest BCUT2D eigenvalue weighted by Gasteiger charge is -2.22. The van der Waals surface area contributed by atoms with Gasteiger partial charge in [0.2, 0.25) is 11.8 Å². The molecule has 0 aliphatic carbocycles. The Labute approximate surface area is 144 Å². The maximum Gasteiger partial charge on any atom is 0.240 e. The fourth-order valence-electron chi connectivity index (χ4n) is 2.58. The van der Waals surface area contributed by atoms with E-state index in [9.17, 15) is 14.0 Å². The molecular formula is C18H17FN2O2S. The standard InChI is InChI=1S/C18H17FN2O2S/c19-15-8-6-14(7-9-15)18(13-4-2-1-3-5-13)20-16(22)10-21-12-24-11-17(21)23/h1-9,18H,10-12H2,(H,20,22). The molecule has 2 amide bonds. The summed E-state index contributed by atoms with van der Waals surface area (Å²) in [6.45, 7) is 0.0381. The zero-order valence-electron chi connectivity index (χ0n) is 12.9. The number of thioether (sulfide) groups is 1. The number of nitrogens with zero attached hydrogens (tertiary/aromatic N) is 1. The molecule has 3 rings (SSSR count). The van der Waals surface area contributed by atoms with Gasteiger partial charge < -0.3 is 10.2 Å². The molecule has 0 spiro atoms. The molecule has 1 N–H and O–H groups in total. The van der Waals surface area contributed by atoms with E-state index < -0.39 is 0 Å². The first-order valence-corrected chi connectivity index (χ1v) is 8.74. The molecule has 4 nitrogen and oxygen atoms in total. The van der Waals surface area contributed by atoms with E-state index in [1.165, 1.54) is 28.8 Å². The van der Waals surface area contributed by atoms with Crippen LogP contribution in [0.2, 0.25) is 0 Å². The van der Waals surface area contributed by atoms with Crippen LogP contribution in [-0.2, 0) is 9.59 Å². The van der Waals surface area contributed by atoms with Gasteiger partial charge >= 0.3 is 0 Å². The van der Waals surface area contributed by atoms with Crippen LogP contribution in [0.5, 0.6) is 0 Å². The molecule has 1 aliphatic heterocycles. The van der Waals surface area contributed by atoms with Crippen LogP contribution < -0.4 is 5.32 Å². The molecule has 1 unspecified atom stereocenters. The number of hydrogen-bond donors (Lipinski definition) is 1. The average molecular weight is 344 g/mol. The lowest BCUT2D eigenvalue weighted by atomic mass is 9.98. The van der Waals surface area contributed by atoms with Crippen LogP contribution in [-0.4, -0.2) is 34.9 Å². The molecule has 1 saturated heterocycles. The van der Waals surface area contributed by atoms with Gasteiger partial charge in [0, 0.05) is 0 Å². The molecular weight excluding hydrogens is 327 g/mol. The summed E-state index contributed by atoms with van der Waals surface area (Å²) >= 11 is 1.50. The normalized spacial score (nSPS) is 15.4. The molecule has 1 heterocycles. The van der Waals surface area contributed by atoms with Crippen LogP contribution in [0.1, 0.15) is 17.2 Å². The van der Waals surface area contributed by atoms with E-state index in [2.05, 4.69) is 5.32 Å². The Bertz CT molecular complexity index is 722. The second-order valence-corrected chi connectivity index (χ2v) is 6.49. The van der Waals surface area contributed by atoms with Gasteiger partial charge in [0.15, 0.2) is 0 Å². The predicted octanol–water partition coefficient (Wildman–Crippen LogP) is 2.56. The molecule has 0 aromatic heterocycles. The van der Waals surface area contributed by atoms with Crippen molar-refractivity contribution >= 4 is 23.6 Å². The topological polar surface area (TPSA) is 49.4 Å². The number of amides is 2. The third-order valence-corrected chi connectivity index (χ3v) is 4.75. The molecule has 0 bridgehead atoms. The highest BCUT2D eigenvalue weighted by Gasteiger charge is 2.24. The van der Waals surface area contributed by atoms with Gasteiger partial charge in [0.25, 0.3) is 0 Å². The van der Waals surface area contributed by atoms with Gasteiger partial charge in [-0.15, -0.1) is 11.8 Å². The van der Waals surface area contributed by atoms with Crippen molar-refractivity contribution in [3.8, 4) is 0 Å². The molecule has 1 fully saturated rings. The molecule has 0 radical (unpaired) electrons. The molecule has 6 heteroatoms. The Hall–Kier alpha value is -2.34. The molecule has 1 aliphatic rings. The molecule has 2 aromatic carbocycles. The van der Waals surface area contributed by atoms with Gasteiger partial charge in [0.05, 0.1) is 17.7 Å². The third kappa shape index (κ3) is 3.94. The number of hydrogen-bond acceptors (Lipinski definition) is 3. The number of carbonyl (C=O) groups excluding carboxylic acids is 2. The molecule has 124 valence electrons. The van der Waals surface area contributed by atoms with E-state index in [4.69, 9.17) is 0 Å². The van der Waals surface area contributed by atoms with Crippen LogP contribution >= 0.6 is 11.8 Å². The lowest BCUT2D eigenvalue weighted by Crippen LogP contribution is -2.40. The smallest absolute Gasteiger partial charge is 0.240 e. The van der Waals surface area contributed by atoms with Gasteiger partial charge in [-0.1, -0.05) is 42.5 Å². The minimum Gasteiger partial charge on any atom is -0.344 e. The minimum atomic E-state index is -0.385. The first kappa shape index (κ1) is 16.5. The number of halogens is 1. The predicted molar refractivity (Wildman–Crippen MR) is 91.9 cm³/mol. The average Bonchev–Trinajstić information content (AvgIpc) is 2.99. The maximum absolute atomic E-state index is 13.2. The van der Waals surface area contributed by atoms with E-state index >= 15 is 0 Å². The van der Waals surface area contributed by atoms with Crippen LogP contribution in [0.3, 0.4) is 0 Å². The fourth-order valence-corrected chi connectivity index (χ4v) is 3.48. The van der Waals surface area contributed by atoms with Gasteiger partial charge in [-0.05, 0) is 23.3 Å². The largest absolute Gasteiger partial charge is 0.344 e. The van der Waals surface area contributed by atoms with Crippen LogP contribution in [0, 0.1) is 5.82 Å². The summed E-state index contributed by atoms with van der Waals surface area (Å²) in [5.74, 6) is 0.389. The monoisotopic (exact) mass is 344 g/mol. The van der Waals surface area contributed by atoms with Crippen molar-refractivity contribution in [2.24, 2.45) is 0 Å². The summed E-state index contributed by atoms with van der Waals surface area (Å²) < 4.78 is 13.2. The minimum absolute atomic E-state index is 0.0202. The first-order valence-electron chi connectivity index (χ1n) is 7.59. The van der Waals surface area contributed by atoms with Crippen molar-refractivity contribution in [2.45, 2.75) is 6.04 Å². The van der Waals surface area contributed by atoms with E-state index in [-0.39, 0.29) is 30.2 Å². The zero-order chi connectivity index (χ0) is 16.9. The van der Waals surface area contributed by atoms with Crippen molar-refractivity contribution in [3.63, 3.8) is 0 Å². The SMILES string of the molecule is O=C(CN1CSCC1=O)NC(c1ccccc1)c1ccc(F)cc1. The second kappa shape index (κ2) is 7.49. The molecule has 24 heavy (non-hydrogen) atoms.